The van der Waals surface area contributed by atoms with E-state index in [1.807, 2.05) is 45.9 Å². The zero-order valence-electron chi connectivity index (χ0n) is 17.7. The second-order valence-corrected chi connectivity index (χ2v) is 7.70. The number of ether oxygens (including phenoxy) is 1. The molecule has 1 saturated heterocycles. The molecular weight excluding hydrogens is 485 g/mol. The van der Waals surface area contributed by atoms with E-state index in [2.05, 4.69) is 20.9 Å². The first kappa shape index (κ1) is 25.0. The molecule has 9 heteroatoms. The van der Waals surface area contributed by atoms with Gasteiger partial charge in [-0.3, -0.25) is 4.79 Å². The maximum absolute atomic E-state index is 12.0. The van der Waals surface area contributed by atoms with E-state index in [1.54, 1.807) is 18.0 Å². The summed E-state index contributed by atoms with van der Waals surface area (Å²) in [5.41, 5.74) is 1.07. The molecule has 2 rings (SSSR count). The number of amides is 2. The minimum Gasteiger partial charge on any atom is -0.444 e. The molecule has 0 atom stereocenters. The molecule has 0 aliphatic carbocycles. The molecule has 1 aromatic rings. The zero-order valence-corrected chi connectivity index (χ0v) is 20.1. The van der Waals surface area contributed by atoms with Gasteiger partial charge in [0, 0.05) is 32.2 Å². The van der Waals surface area contributed by atoms with Gasteiger partial charge in [-0.15, -0.1) is 24.0 Å². The van der Waals surface area contributed by atoms with Crippen LogP contribution in [0, 0.1) is 0 Å². The van der Waals surface area contributed by atoms with Gasteiger partial charge in [-0.1, -0.05) is 12.1 Å². The number of carbonyl (C=O) groups excluding carboxylic acids is 2. The van der Waals surface area contributed by atoms with E-state index >= 15 is 0 Å². The molecule has 1 aliphatic rings. The lowest BCUT2D eigenvalue weighted by Gasteiger charge is -2.40. The van der Waals surface area contributed by atoms with Crippen LogP contribution < -0.4 is 16.0 Å². The Morgan fingerprint density at radius 3 is 2.55 bits per heavy atom. The molecule has 1 fully saturated rings. The number of hydrogen-bond acceptors (Lipinski definition) is 4. The van der Waals surface area contributed by atoms with Crippen molar-refractivity contribution in [2.45, 2.75) is 45.9 Å². The lowest BCUT2D eigenvalue weighted by Crippen LogP contribution is -2.63. The third kappa shape index (κ3) is 8.08. The number of benzene rings is 1. The van der Waals surface area contributed by atoms with Crippen LogP contribution in [0.4, 0.5) is 4.79 Å². The summed E-state index contributed by atoms with van der Waals surface area (Å²) in [6, 6.07) is 7.52. The number of guanidine groups is 1. The third-order valence-electron chi connectivity index (χ3n) is 4.05. The van der Waals surface area contributed by atoms with E-state index in [9.17, 15) is 9.59 Å². The molecule has 2 amide bonds. The highest BCUT2D eigenvalue weighted by atomic mass is 127. The summed E-state index contributed by atoms with van der Waals surface area (Å²) in [6.07, 6.45) is -0.293. The predicted octanol–water partition coefficient (Wildman–Crippen LogP) is 2.34. The van der Waals surface area contributed by atoms with Crippen LogP contribution in [0.15, 0.2) is 29.3 Å². The Hall–Kier alpha value is -2.04. The highest BCUT2D eigenvalue weighted by Gasteiger charge is 2.34. The van der Waals surface area contributed by atoms with E-state index in [-0.39, 0.29) is 42.0 Å². The van der Waals surface area contributed by atoms with E-state index in [0.717, 1.165) is 12.1 Å². The van der Waals surface area contributed by atoms with Crippen molar-refractivity contribution in [1.82, 2.24) is 20.9 Å². The molecule has 0 radical (unpaired) electrons. The molecule has 0 aromatic heterocycles. The molecule has 0 bridgehead atoms. The summed E-state index contributed by atoms with van der Waals surface area (Å²) in [6.45, 7) is 9.89. The zero-order chi connectivity index (χ0) is 20.7. The average molecular weight is 517 g/mol. The van der Waals surface area contributed by atoms with Gasteiger partial charge >= 0.3 is 6.09 Å². The van der Waals surface area contributed by atoms with E-state index in [4.69, 9.17) is 4.74 Å². The van der Waals surface area contributed by atoms with Crippen molar-refractivity contribution in [3.63, 3.8) is 0 Å². The molecule has 1 heterocycles. The molecule has 29 heavy (non-hydrogen) atoms. The van der Waals surface area contributed by atoms with Gasteiger partial charge in [-0.2, -0.15) is 0 Å². The van der Waals surface area contributed by atoms with Gasteiger partial charge in [-0.25, -0.2) is 9.79 Å². The van der Waals surface area contributed by atoms with Crippen LogP contribution in [-0.4, -0.2) is 61.2 Å². The number of hydrogen-bond donors (Lipinski definition) is 3. The van der Waals surface area contributed by atoms with Crippen molar-refractivity contribution in [2.75, 3.05) is 26.7 Å². The highest BCUT2D eigenvalue weighted by molar-refractivity contribution is 14.0. The summed E-state index contributed by atoms with van der Waals surface area (Å²) in [7, 11) is 1.61. The monoisotopic (exact) mass is 517 g/mol. The largest absolute Gasteiger partial charge is 0.444 e. The Labute approximate surface area is 189 Å². The van der Waals surface area contributed by atoms with Gasteiger partial charge in [-0.05, 0) is 45.4 Å². The standard InChI is InChI=1S/C20H31N5O3.HI/c1-6-22-18(23-11-14-8-7-9-15(10-14)17(26)21-5)24-16-12-25(13-16)19(27)28-20(2,3)4;/h7-10,16H,6,11-13H2,1-5H3,(H,21,26)(H2,22,23,24);1H. The lowest BCUT2D eigenvalue weighted by molar-refractivity contribution is 0.00700. The molecule has 0 unspecified atom stereocenters. The second-order valence-electron chi connectivity index (χ2n) is 7.70. The van der Waals surface area contributed by atoms with Crippen molar-refractivity contribution in [1.29, 1.82) is 0 Å². The van der Waals surface area contributed by atoms with Gasteiger partial charge in [0.25, 0.3) is 5.91 Å². The maximum Gasteiger partial charge on any atom is 0.410 e. The lowest BCUT2D eigenvalue weighted by atomic mass is 10.1. The van der Waals surface area contributed by atoms with Crippen LogP contribution in [0.5, 0.6) is 0 Å². The number of rotatable bonds is 5. The topological polar surface area (TPSA) is 95.1 Å². The maximum atomic E-state index is 12.0. The van der Waals surface area contributed by atoms with Crippen LogP contribution in [0.25, 0.3) is 0 Å². The Morgan fingerprint density at radius 1 is 1.28 bits per heavy atom. The van der Waals surface area contributed by atoms with Crippen LogP contribution in [0.3, 0.4) is 0 Å². The number of carbonyl (C=O) groups is 2. The minimum atomic E-state index is -0.491. The number of halogens is 1. The first-order valence-corrected chi connectivity index (χ1v) is 9.55. The van der Waals surface area contributed by atoms with Gasteiger partial charge < -0.3 is 25.6 Å². The van der Waals surface area contributed by atoms with E-state index in [1.165, 1.54) is 0 Å². The minimum absolute atomic E-state index is 0. The van der Waals surface area contributed by atoms with Crippen LogP contribution in [-0.2, 0) is 11.3 Å². The highest BCUT2D eigenvalue weighted by Crippen LogP contribution is 2.15. The summed E-state index contributed by atoms with van der Waals surface area (Å²) < 4.78 is 5.37. The molecule has 0 saturated carbocycles. The number of aliphatic imine (C=N–C) groups is 1. The van der Waals surface area contributed by atoms with Crippen molar-refractivity contribution >= 4 is 41.9 Å². The first-order chi connectivity index (χ1) is 13.2. The fourth-order valence-electron chi connectivity index (χ4n) is 2.68. The molecule has 8 nitrogen and oxygen atoms in total. The number of nitrogens with one attached hydrogen (secondary N) is 3. The summed E-state index contributed by atoms with van der Waals surface area (Å²) in [4.78, 5) is 30.0. The summed E-state index contributed by atoms with van der Waals surface area (Å²) >= 11 is 0. The van der Waals surface area contributed by atoms with E-state index < -0.39 is 5.60 Å². The van der Waals surface area contributed by atoms with Crippen molar-refractivity contribution < 1.29 is 14.3 Å². The van der Waals surface area contributed by atoms with Gasteiger partial charge in [0.1, 0.15) is 5.60 Å². The van der Waals surface area contributed by atoms with Crippen molar-refractivity contribution in [3.8, 4) is 0 Å². The van der Waals surface area contributed by atoms with Crippen LogP contribution >= 0.6 is 24.0 Å². The Balaban J connectivity index is 0.00000420. The van der Waals surface area contributed by atoms with Crippen molar-refractivity contribution in [2.24, 2.45) is 4.99 Å². The third-order valence-corrected chi connectivity index (χ3v) is 4.05. The Kier molecular flexibility index (Phi) is 9.67. The predicted molar refractivity (Wildman–Crippen MR) is 125 cm³/mol. The number of likely N-dealkylation sites (tertiary alicyclic amines) is 1. The molecular formula is C20H32IN5O3. The molecule has 1 aromatic carbocycles. The summed E-state index contributed by atoms with van der Waals surface area (Å²) in [5, 5.41) is 9.16. The Bertz CT molecular complexity index is 727. The smallest absolute Gasteiger partial charge is 0.410 e. The summed E-state index contributed by atoms with van der Waals surface area (Å²) in [5.74, 6) is 0.564. The van der Waals surface area contributed by atoms with Gasteiger partial charge in [0.05, 0.1) is 12.6 Å². The molecule has 162 valence electrons. The number of nitrogens with zero attached hydrogens (tertiary/aromatic N) is 2. The average Bonchev–Trinajstić information content (AvgIpc) is 2.60. The quantitative estimate of drug-likeness (QED) is 0.317. The Morgan fingerprint density at radius 2 is 1.97 bits per heavy atom. The fraction of sp³-hybridized carbons (Fsp3) is 0.550. The second kappa shape index (κ2) is 11.2. The molecule has 1 aliphatic heterocycles. The van der Waals surface area contributed by atoms with Crippen LogP contribution in [0.2, 0.25) is 0 Å². The van der Waals surface area contributed by atoms with Gasteiger partial charge in [0.2, 0.25) is 0 Å². The van der Waals surface area contributed by atoms with E-state index in [0.29, 0.717) is 31.2 Å². The van der Waals surface area contributed by atoms with Gasteiger partial charge in [0.15, 0.2) is 5.96 Å². The SMILES string of the molecule is CCNC(=NCc1cccc(C(=O)NC)c1)NC1CN(C(=O)OC(C)(C)C)C1.I. The normalized spacial score (nSPS) is 14.4. The molecule has 3 N–H and O–H groups in total. The molecule has 0 spiro atoms. The fourth-order valence-corrected chi connectivity index (χ4v) is 2.68. The van der Waals surface area contributed by atoms with Crippen LogP contribution in [0.1, 0.15) is 43.6 Å². The first-order valence-electron chi connectivity index (χ1n) is 9.55. The van der Waals surface area contributed by atoms with Crippen molar-refractivity contribution in [3.05, 3.63) is 35.4 Å².